The topological polar surface area (TPSA) is 98.1 Å². The predicted molar refractivity (Wildman–Crippen MR) is 103 cm³/mol. The zero-order chi connectivity index (χ0) is 19.3. The molecular formula is C17H18ClN5O3S. The quantitative estimate of drug-likeness (QED) is 0.556. The zero-order valence-electron chi connectivity index (χ0n) is 14.5. The molecule has 0 aliphatic rings. The van der Waals surface area contributed by atoms with E-state index >= 15 is 0 Å². The summed E-state index contributed by atoms with van der Waals surface area (Å²) in [6.45, 7) is 0.528. The fourth-order valence-electron chi connectivity index (χ4n) is 2.35. The van der Waals surface area contributed by atoms with Crippen molar-refractivity contribution in [2.75, 3.05) is 25.5 Å². The number of aromatic nitrogens is 3. The highest BCUT2D eigenvalue weighted by molar-refractivity contribution is 7.89. The van der Waals surface area contributed by atoms with Crippen molar-refractivity contribution in [3.05, 3.63) is 60.1 Å². The van der Waals surface area contributed by atoms with Crippen LogP contribution in [0.4, 0.5) is 5.82 Å². The number of nitrogens with zero attached hydrogens (tertiary/aromatic N) is 3. The lowest BCUT2D eigenvalue weighted by atomic mass is 10.3. The van der Waals surface area contributed by atoms with Gasteiger partial charge >= 0.3 is 0 Å². The van der Waals surface area contributed by atoms with Gasteiger partial charge in [-0.1, -0.05) is 11.6 Å². The maximum absolute atomic E-state index is 12.3. The number of halogens is 1. The van der Waals surface area contributed by atoms with Crippen molar-refractivity contribution in [1.82, 2.24) is 19.3 Å². The molecule has 0 bridgehead atoms. The number of hydrogen-bond acceptors (Lipinski definition) is 6. The molecule has 2 aromatic heterocycles. The average Bonchev–Trinajstić information content (AvgIpc) is 3.20. The van der Waals surface area contributed by atoms with Crippen molar-refractivity contribution < 1.29 is 13.2 Å². The van der Waals surface area contributed by atoms with Crippen molar-refractivity contribution in [2.45, 2.75) is 4.90 Å². The van der Waals surface area contributed by atoms with Crippen LogP contribution in [0.5, 0.6) is 5.75 Å². The van der Waals surface area contributed by atoms with Crippen LogP contribution in [0.15, 0.2) is 60.0 Å². The summed E-state index contributed by atoms with van der Waals surface area (Å²) in [6, 6.07) is 9.87. The molecule has 3 aromatic rings. The highest BCUT2D eigenvalue weighted by Gasteiger charge is 2.15. The molecule has 0 fully saturated rings. The zero-order valence-corrected chi connectivity index (χ0v) is 16.0. The van der Waals surface area contributed by atoms with Crippen LogP contribution in [0.1, 0.15) is 0 Å². The van der Waals surface area contributed by atoms with Gasteiger partial charge in [-0.15, -0.1) is 0 Å². The Balaban J connectivity index is 1.57. The highest BCUT2D eigenvalue weighted by Crippen LogP contribution is 2.26. The number of ether oxygens (including phenoxy) is 1. The van der Waals surface area contributed by atoms with Crippen LogP contribution in [-0.4, -0.2) is 43.2 Å². The van der Waals surface area contributed by atoms with E-state index in [9.17, 15) is 8.42 Å². The third-order valence-corrected chi connectivity index (χ3v) is 5.43. The predicted octanol–water partition coefficient (Wildman–Crippen LogP) is 2.32. The van der Waals surface area contributed by atoms with Gasteiger partial charge in [-0.3, -0.25) is 0 Å². The Kier molecular flexibility index (Phi) is 5.94. The second-order valence-corrected chi connectivity index (χ2v) is 7.65. The summed E-state index contributed by atoms with van der Waals surface area (Å²) in [5.41, 5.74) is 0. The summed E-state index contributed by atoms with van der Waals surface area (Å²) in [5, 5.41) is 3.30. The van der Waals surface area contributed by atoms with Gasteiger partial charge in [0.05, 0.1) is 17.0 Å². The van der Waals surface area contributed by atoms with Gasteiger partial charge in [0.25, 0.3) is 0 Å². The molecule has 8 nitrogen and oxygen atoms in total. The first-order valence-corrected chi connectivity index (χ1v) is 9.88. The fraction of sp³-hybridized carbons (Fsp3) is 0.176. The van der Waals surface area contributed by atoms with E-state index in [4.69, 9.17) is 16.3 Å². The van der Waals surface area contributed by atoms with Gasteiger partial charge in [0.2, 0.25) is 10.0 Å². The number of benzene rings is 1. The first-order chi connectivity index (χ1) is 13.0. The summed E-state index contributed by atoms with van der Waals surface area (Å²) >= 11 is 5.99. The average molecular weight is 408 g/mol. The Hall–Kier alpha value is -2.62. The number of anilines is 1. The molecule has 0 amide bonds. The summed E-state index contributed by atoms with van der Waals surface area (Å²) < 4.78 is 34.1. The van der Waals surface area contributed by atoms with E-state index in [1.165, 1.54) is 31.6 Å². The third-order valence-electron chi connectivity index (χ3n) is 3.68. The monoisotopic (exact) mass is 407 g/mol. The molecule has 0 saturated carbocycles. The smallest absolute Gasteiger partial charge is 0.240 e. The van der Waals surface area contributed by atoms with Crippen LogP contribution in [0.3, 0.4) is 0 Å². The van der Waals surface area contributed by atoms with Crippen molar-refractivity contribution in [3.8, 4) is 11.6 Å². The number of hydrogen-bond donors (Lipinski definition) is 2. The first kappa shape index (κ1) is 19.2. The van der Waals surface area contributed by atoms with Crippen LogP contribution in [0.2, 0.25) is 5.02 Å². The maximum Gasteiger partial charge on any atom is 0.240 e. The van der Waals surface area contributed by atoms with Crippen LogP contribution < -0.4 is 14.8 Å². The van der Waals surface area contributed by atoms with E-state index in [2.05, 4.69) is 20.0 Å². The summed E-state index contributed by atoms with van der Waals surface area (Å²) in [6.07, 6.45) is 5.20. The molecule has 2 N–H and O–H groups in total. The molecule has 2 heterocycles. The minimum Gasteiger partial charge on any atom is -0.495 e. The molecule has 0 unspecified atom stereocenters. The molecule has 1 aromatic carbocycles. The Morgan fingerprint density at radius 1 is 1.15 bits per heavy atom. The van der Waals surface area contributed by atoms with Gasteiger partial charge < -0.3 is 14.6 Å². The van der Waals surface area contributed by atoms with Crippen LogP contribution >= 0.6 is 11.6 Å². The second kappa shape index (κ2) is 8.38. The molecule has 0 aliphatic heterocycles. The lowest BCUT2D eigenvalue weighted by molar-refractivity contribution is 0.414. The molecule has 0 radical (unpaired) electrons. The fourth-order valence-corrected chi connectivity index (χ4v) is 3.73. The molecule has 3 rings (SSSR count). The van der Waals surface area contributed by atoms with Crippen molar-refractivity contribution in [1.29, 1.82) is 0 Å². The SMILES string of the molecule is COc1ccc(S(=O)(=O)NCCNc2cc(-n3cccc3)ncn2)cc1Cl. The molecule has 142 valence electrons. The normalized spacial score (nSPS) is 11.3. The van der Waals surface area contributed by atoms with Crippen molar-refractivity contribution in [3.63, 3.8) is 0 Å². The minimum atomic E-state index is -3.67. The maximum atomic E-state index is 12.3. The standard InChI is InChI=1S/C17H18ClN5O3S/c1-26-15-5-4-13(10-14(15)18)27(24,25)22-7-6-19-16-11-17(21-12-20-16)23-8-2-3-9-23/h2-5,8-12,22H,6-7H2,1H3,(H,19,20,21). The molecule has 10 heteroatoms. The highest BCUT2D eigenvalue weighted by atomic mass is 35.5. The second-order valence-electron chi connectivity index (χ2n) is 5.47. The van der Waals surface area contributed by atoms with Crippen molar-refractivity contribution in [2.24, 2.45) is 0 Å². The van der Waals surface area contributed by atoms with Gasteiger partial charge in [0.15, 0.2) is 0 Å². The summed E-state index contributed by atoms with van der Waals surface area (Å²) in [4.78, 5) is 8.39. The molecule has 27 heavy (non-hydrogen) atoms. The molecule has 0 aliphatic carbocycles. The van der Waals surface area contributed by atoms with E-state index in [0.717, 1.165) is 0 Å². The Labute approximate surface area is 162 Å². The molecule has 0 spiro atoms. The minimum absolute atomic E-state index is 0.0743. The largest absolute Gasteiger partial charge is 0.495 e. The Morgan fingerprint density at radius 3 is 2.63 bits per heavy atom. The molecule has 0 atom stereocenters. The lowest BCUT2D eigenvalue weighted by Gasteiger charge is -2.10. The summed E-state index contributed by atoms with van der Waals surface area (Å²) in [7, 11) is -2.21. The number of rotatable bonds is 8. The number of methoxy groups -OCH3 is 1. The van der Waals surface area contributed by atoms with Crippen LogP contribution in [0.25, 0.3) is 5.82 Å². The lowest BCUT2D eigenvalue weighted by Crippen LogP contribution is -2.29. The van der Waals surface area contributed by atoms with Gasteiger partial charge in [-0.05, 0) is 30.3 Å². The Bertz CT molecular complexity index is 1010. The van der Waals surface area contributed by atoms with E-state index in [0.29, 0.717) is 23.9 Å². The van der Waals surface area contributed by atoms with E-state index in [1.807, 2.05) is 29.1 Å². The molecule has 0 saturated heterocycles. The van der Waals surface area contributed by atoms with E-state index < -0.39 is 10.0 Å². The number of nitrogens with one attached hydrogen (secondary N) is 2. The summed E-state index contributed by atoms with van der Waals surface area (Å²) in [5.74, 6) is 1.73. The van der Waals surface area contributed by atoms with Gasteiger partial charge in [-0.2, -0.15) is 0 Å². The first-order valence-electron chi connectivity index (χ1n) is 8.02. The molecular weight excluding hydrogens is 390 g/mol. The van der Waals surface area contributed by atoms with Crippen LogP contribution in [0, 0.1) is 0 Å². The van der Waals surface area contributed by atoms with E-state index in [1.54, 1.807) is 6.07 Å². The van der Waals surface area contributed by atoms with Gasteiger partial charge in [0, 0.05) is 31.5 Å². The van der Waals surface area contributed by atoms with Crippen molar-refractivity contribution >= 4 is 27.4 Å². The third kappa shape index (κ3) is 4.76. The Morgan fingerprint density at radius 2 is 1.93 bits per heavy atom. The van der Waals surface area contributed by atoms with Crippen LogP contribution in [-0.2, 0) is 10.0 Å². The van der Waals surface area contributed by atoms with Gasteiger partial charge in [0.1, 0.15) is 23.7 Å². The number of sulfonamides is 1. The van der Waals surface area contributed by atoms with Gasteiger partial charge in [-0.25, -0.2) is 23.1 Å². The van der Waals surface area contributed by atoms with E-state index in [-0.39, 0.29) is 16.5 Å².